The van der Waals surface area contributed by atoms with Gasteiger partial charge in [-0.3, -0.25) is 9.52 Å². The molecule has 11 heteroatoms. The summed E-state index contributed by atoms with van der Waals surface area (Å²) in [7, 11) is -2.44. The van der Waals surface area contributed by atoms with Crippen LogP contribution in [0, 0.1) is 0 Å². The number of sulfonamides is 1. The number of methoxy groups -OCH3 is 1. The van der Waals surface area contributed by atoms with E-state index in [2.05, 4.69) is 15.4 Å². The summed E-state index contributed by atoms with van der Waals surface area (Å²) in [6.45, 7) is 2.97. The molecule has 2 aromatic carbocycles. The van der Waals surface area contributed by atoms with Crippen LogP contribution in [0.2, 0.25) is 0 Å². The second kappa shape index (κ2) is 9.77. The third kappa shape index (κ3) is 5.61. The van der Waals surface area contributed by atoms with Crippen molar-refractivity contribution in [3.05, 3.63) is 42.5 Å². The molecule has 1 heterocycles. The van der Waals surface area contributed by atoms with Gasteiger partial charge in [0.15, 0.2) is 0 Å². The Balaban J connectivity index is 1.91. The lowest BCUT2D eigenvalue weighted by molar-refractivity contribution is -0.117. The van der Waals surface area contributed by atoms with E-state index in [-0.39, 0.29) is 10.6 Å². The van der Waals surface area contributed by atoms with Crippen LogP contribution in [0.15, 0.2) is 47.4 Å². The zero-order chi connectivity index (χ0) is 23.3. The molecule has 1 saturated heterocycles. The van der Waals surface area contributed by atoms with Crippen molar-refractivity contribution >= 4 is 39.0 Å². The van der Waals surface area contributed by atoms with Gasteiger partial charge in [-0.25, -0.2) is 13.2 Å². The van der Waals surface area contributed by atoms with E-state index in [1.165, 1.54) is 20.1 Å². The van der Waals surface area contributed by atoms with Crippen molar-refractivity contribution in [1.29, 1.82) is 0 Å². The second-order valence-corrected chi connectivity index (χ2v) is 9.08. The van der Waals surface area contributed by atoms with Gasteiger partial charge < -0.3 is 26.0 Å². The molecular weight excluding hydrogens is 434 g/mol. The van der Waals surface area contributed by atoms with E-state index >= 15 is 0 Å². The second-order valence-electron chi connectivity index (χ2n) is 7.43. The van der Waals surface area contributed by atoms with Gasteiger partial charge in [-0.2, -0.15) is 0 Å². The van der Waals surface area contributed by atoms with Crippen molar-refractivity contribution < 1.29 is 22.7 Å². The largest absolute Gasteiger partial charge is 0.497 e. The molecule has 1 aliphatic rings. The molecule has 1 fully saturated rings. The number of nitrogens with zero attached hydrogens (tertiary/aromatic N) is 1. The summed E-state index contributed by atoms with van der Waals surface area (Å²) in [6.07, 6.45) is 1.94. The van der Waals surface area contributed by atoms with Crippen LogP contribution in [-0.2, 0) is 14.8 Å². The van der Waals surface area contributed by atoms with Crippen LogP contribution >= 0.6 is 0 Å². The van der Waals surface area contributed by atoms with E-state index < -0.39 is 28.0 Å². The fourth-order valence-corrected chi connectivity index (χ4v) is 4.74. The first-order chi connectivity index (χ1) is 15.2. The van der Waals surface area contributed by atoms with Gasteiger partial charge in [-0.1, -0.05) is 0 Å². The van der Waals surface area contributed by atoms with Crippen molar-refractivity contribution in [3.63, 3.8) is 0 Å². The number of rotatable bonds is 8. The Morgan fingerprint density at radius 2 is 1.69 bits per heavy atom. The zero-order valence-electron chi connectivity index (χ0n) is 17.9. The first-order valence-electron chi connectivity index (χ1n) is 10.1. The Kier molecular flexibility index (Phi) is 7.08. The Bertz CT molecular complexity index is 1080. The number of amides is 3. The summed E-state index contributed by atoms with van der Waals surface area (Å²) in [5.41, 5.74) is 6.28. The molecule has 1 atom stereocenters. The third-order valence-corrected chi connectivity index (χ3v) is 6.47. The average molecular weight is 462 g/mol. The van der Waals surface area contributed by atoms with Crippen LogP contribution in [0.4, 0.5) is 21.9 Å². The first-order valence-corrected chi connectivity index (χ1v) is 11.6. The molecule has 2 aromatic rings. The number of hydrogen-bond acceptors (Lipinski definition) is 6. The maximum Gasteiger partial charge on any atom is 0.312 e. The topological polar surface area (TPSA) is 143 Å². The number of urea groups is 1. The number of nitrogens with two attached hydrogens (primary N) is 1. The fraction of sp³-hybridized carbons (Fsp3) is 0.333. The summed E-state index contributed by atoms with van der Waals surface area (Å²) in [5.74, 6) is 0.0817. The minimum Gasteiger partial charge on any atom is -0.497 e. The molecule has 5 N–H and O–H groups in total. The molecule has 3 rings (SSSR count). The molecule has 0 saturated carbocycles. The van der Waals surface area contributed by atoms with Gasteiger partial charge in [0.1, 0.15) is 16.7 Å². The van der Waals surface area contributed by atoms with E-state index in [0.717, 1.165) is 25.9 Å². The molecule has 1 aliphatic heterocycles. The molecule has 32 heavy (non-hydrogen) atoms. The Hall–Kier alpha value is -3.47. The van der Waals surface area contributed by atoms with Crippen LogP contribution < -0.4 is 30.7 Å². The highest BCUT2D eigenvalue weighted by atomic mass is 32.2. The van der Waals surface area contributed by atoms with Crippen LogP contribution in [0.25, 0.3) is 0 Å². The highest BCUT2D eigenvalue weighted by Crippen LogP contribution is 2.32. The van der Waals surface area contributed by atoms with E-state index in [4.69, 9.17) is 10.5 Å². The number of anilines is 3. The Labute approximate surface area is 187 Å². The number of hydrogen-bond donors (Lipinski definition) is 4. The van der Waals surface area contributed by atoms with Crippen LogP contribution in [0.3, 0.4) is 0 Å². The quantitative estimate of drug-likeness (QED) is 0.474. The predicted octanol–water partition coefficient (Wildman–Crippen LogP) is 2.09. The molecule has 172 valence electrons. The normalized spacial score (nSPS) is 14.5. The van der Waals surface area contributed by atoms with E-state index in [1.54, 1.807) is 36.4 Å². The molecule has 0 aliphatic carbocycles. The lowest BCUT2D eigenvalue weighted by Gasteiger charge is -2.23. The standard InChI is InChI=1S/C21H27N5O5S/c1-14(23-21(22)28)20(27)24-16-7-10-18(26-11-3-4-12-26)19(13-16)32(29,30)25-15-5-8-17(31-2)9-6-15/h5-10,13-14,25H,3-4,11-12H2,1-2H3,(H,24,27)(H3,22,23,28)/t14-/m0/s1. The van der Waals surface area contributed by atoms with Crippen LogP contribution in [0.1, 0.15) is 19.8 Å². The van der Waals surface area contributed by atoms with Gasteiger partial charge in [0.25, 0.3) is 10.0 Å². The lowest BCUT2D eigenvalue weighted by Crippen LogP contribution is -2.44. The number of carbonyl (C=O) groups is 2. The van der Waals surface area contributed by atoms with E-state index in [1.807, 2.05) is 4.90 Å². The van der Waals surface area contributed by atoms with Crippen molar-refractivity contribution in [3.8, 4) is 5.75 Å². The average Bonchev–Trinajstić information content (AvgIpc) is 3.28. The zero-order valence-corrected chi connectivity index (χ0v) is 18.7. The van der Waals surface area contributed by atoms with E-state index in [9.17, 15) is 18.0 Å². The van der Waals surface area contributed by atoms with Gasteiger partial charge in [0.2, 0.25) is 5.91 Å². The SMILES string of the molecule is COc1ccc(NS(=O)(=O)c2cc(NC(=O)[C@H](C)NC(N)=O)ccc2N2CCCC2)cc1. The maximum atomic E-state index is 13.3. The van der Waals surface area contributed by atoms with Crippen molar-refractivity contribution in [2.24, 2.45) is 5.73 Å². The maximum absolute atomic E-state index is 13.3. The summed E-state index contributed by atoms with van der Waals surface area (Å²) in [6, 6.07) is 9.53. The summed E-state index contributed by atoms with van der Waals surface area (Å²) in [5, 5.41) is 4.90. The number of carbonyl (C=O) groups excluding carboxylic acids is 2. The smallest absolute Gasteiger partial charge is 0.312 e. The number of primary amides is 1. The lowest BCUT2D eigenvalue weighted by atomic mass is 10.2. The van der Waals surface area contributed by atoms with Gasteiger partial charge >= 0.3 is 6.03 Å². The number of benzene rings is 2. The summed E-state index contributed by atoms with van der Waals surface area (Å²) >= 11 is 0. The summed E-state index contributed by atoms with van der Waals surface area (Å²) in [4.78, 5) is 25.4. The van der Waals surface area contributed by atoms with Crippen molar-refractivity contribution in [2.75, 3.05) is 35.1 Å². The predicted molar refractivity (Wildman–Crippen MR) is 123 cm³/mol. The van der Waals surface area contributed by atoms with Gasteiger partial charge in [-0.05, 0) is 62.2 Å². The highest BCUT2D eigenvalue weighted by molar-refractivity contribution is 7.92. The highest BCUT2D eigenvalue weighted by Gasteiger charge is 2.25. The van der Waals surface area contributed by atoms with Crippen molar-refractivity contribution in [1.82, 2.24) is 5.32 Å². The van der Waals surface area contributed by atoms with Gasteiger partial charge in [-0.15, -0.1) is 0 Å². The molecule has 0 radical (unpaired) electrons. The Morgan fingerprint density at radius 1 is 1.06 bits per heavy atom. The van der Waals surface area contributed by atoms with Crippen LogP contribution in [-0.4, -0.2) is 46.6 Å². The summed E-state index contributed by atoms with van der Waals surface area (Å²) < 4.78 is 34.3. The molecule has 0 aromatic heterocycles. The molecule has 0 spiro atoms. The Morgan fingerprint density at radius 3 is 2.28 bits per heavy atom. The number of nitrogens with one attached hydrogen (secondary N) is 3. The third-order valence-electron chi connectivity index (χ3n) is 5.06. The van der Waals surface area contributed by atoms with Crippen LogP contribution in [0.5, 0.6) is 5.75 Å². The van der Waals surface area contributed by atoms with Gasteiger partial charge in [0, 0.05) is 24.5 Å². The van der Waals surface area contributed by atoms with Gasteiger partial charge in [0.05, 0.1) is 12.8 Å². The molecule has 0 bridgehead atoms. The fourth-order valence-electron chi connectivity index (χ4n) is 3.43. The molecular formula is C21H27N5O5S. The molecule has 10 nitrogen and oxygen atoms in total. The van der Waals surface area contributed by atoms with Crippen molar-refractivity contribution in [2.45, 2.75) is 30.7 Å². The first kappa shape index (κ1) is 23.2. The molecule has 3 amide bonds. The number of ether oxygens (including phenoxy) is 1. The minimum atomic E-state index is -3.97. The molecule has 0 unspecified atom stereocenters. The van der Waals surface area contributed by atoms with E-state index in [0.29, 0.717) is 17.1 Å². The monoisotopic (exact) mass is 461 g/mol. The minimum absolute atomic E-state index is 0.0449.